The fourth-order valence-corrected chi connectivity index (χ4v) is 5.81. The second-order valence-corrected chi connectivity index (χ2v) is 10.9. The molecule has 7 nitrogen and oxygen atoms in total. The van der Waals surface area contributed by atoms with E-state index in [0.717, 1.165) is 5.56 Å². The summed E-state index contributed by atoms with van der Waals surface area (Å²) in [5, 5.41) is 0. The summed E-state index contributed by atoms with van der Waals surface area (Å²) in [7, 11) is -3.37. The van der Waals surface area contributed by atoms with Gasteiger partial charge in [0.1, 0.15) is 6.10 Å². The van der Waals surface area contributed by atoms with Crippen molar-refractivity contribution in [3.8, 4) is 5.75 Å². The Morgan fingerprint density at radius 1 is 1.06 bits per heavy atom. The van der Waals surface area contributed by atoms with Gasteiger partial charge in [-0.25, -0.2) is 31.5 Å². The van der Waals surface area contributed by atoms with Gasteiger partial charge in [-0.15, -0.1) is 6.58 Å². The van der Waals surface area contributed by atoms with Gasteiger partial charge in [-0.2, -0.15) is 0 Å². The molecule has 4 rings (SSSR count). The van der Waals surface area contributed by atoms with Gasteiger partial charge >= 0.3 is 0 Å². The highest BCUT2D eigenvalue weighted by atomic mass is 32.2. The normalized spacial score (nSPS) is 18.7. The quantitative estimate of drug-likeness (QED) is 0.548. The van der Waals surface area contributed by atoms with Gasteiger partial charge in [0.2, 0.25) is 16.0 Å². The molecule has 0 saturated carbocycles. The number of hydrogen-bond acceptors (Lipinski definition) is 6. The van der Waals surface area contributed by atoms with E-state index >= 15 is 0 Å². The number of sulfonamides is 1. The minimum atomic E-state index is -3.37. The zero-order valence-corrected chi connectivity index (χ0v) is 20.1. The summed E-state index contributed by atoms with van der Waals surface area (Å²) in [5.41, 5.74) is 1.52. The van der Waals surface area contributed by atoms with Crippen molar-refractivity contribution < 1.29 is 21.9 Å². The minimum Gasteiger partial charge on any atom is -0.484 e. The number of benzene rings is 1. The standard InChI is InChI=1S/C24H30F2N4O3S/c1-3-12-34(31,32)30-10-4-18(5-11-30)19-13-21(25)23(22(26)14-19)33-20-6-8-29(9-7-20)24-27-15-17(2)16-28-24/h3,13-16,18,20H,1,4-12H2,2H3. The van der Waals surface area contributed by atoms with Gasteiger partial charge in [0.25, 0.3) is 0 Å². The zero-order valence-electron chi connectivity index (χ0n) is 19.3. The molecule has 0 bridgehead atoms. The monoisotopic (exact) mass is 492 g/mol. The number of anilines is 1. The first-order valence-electron chi connectivity index (χ1n) is 11.5. The number of aryl methyl sites for hydroxylation is 1. The van der Waals surface area contributed by atoms with Crippen molar-refractivity contribution in [3.05, 3.63) is 59.9 Å². The third-order valence-corrected chi connectivity index (χ3v) is 8.25. The third-order valence-electron chi connectivity index (χ3n) is 6.44. The maximum absolute atomic E-state index is 14.9. The SMILES string of the molecule is C=CCS(=O)(=O)N1CCC(c2cc(F)c(OC3CCN(c4ncc(C)cn4)CC3)c(F)c2)CC1. The molecular weight excluding hydrogens is 462 g/mol. The van der Waals surface area contributed by atoms with E-state index < -0.39 is 21.7 Å². The molecule has 1 aromatic carbocycles. The van der Waals surface area contributed by atoms with Gasteiger partial charge in [0.05, 0.1) is 5.75 Å². The smallest absolute Gasteiger partial charge is 0.225 e. The summed E-state index contributed by atoms with van der Waals surface area (Å²) < 4.78 is 61.3. The van der Waals surface area contributed by atoms with E-state index in [1.807, 2.05) is 11.8 Å². The summed E-state index contributed by atoms with van der Waals surface area (Å²) in [5.74, 6) is -1.36. The van der Waals surface area contributed by atoms with Crippen LogP contribution in [0.4, 0.5) is 14.7 Å². The molecule has 0 unspecified atom stereocenters. The predicted octanol–water partition coefficient (Wildman–Crippen LogP) is 3.81. The summed E-state index contributed by atoms with van der Waals surface area (Å²) in [6.07, 6.45) is 6.83. The first-order valence-corrected chi connectivity index (χ1v) is 13.2. The molecule has 34 heavy (non-hydrogen) atoms. The van der Waals surface area contributed by atoms with Crippen molar-refractivity contribution >= 4 is 16.0 Å². The molecule has 1 aromatic heterocycles. The molecule has 2 saturated heterocycles. The third kappa shape index (κ3) is 5.55. The number of aromatic nitrogens is 2. The van der Waals surface area contributed by atoms with Crippen LogP contribution in [0.15, 0.2) is 37.2 Å². The lowest BCUT2D eigenvalue weighted by molar-refractivity contribution is 0.156. The van der Waals surface area contributed by atoms with Crippen molar-refractivity contribution in [2.24, 2.45) is 0 Å². The Bertz CT molecular complexity index is 1090. The van der Waals surface area contributed by atoms with Crippen LogP contribution in [0.1, 0.15) is 42.7 Å². The Hall–Kier alpha value is -2.59. The van der Waals surface area contributed by atoms with Crippen LogP contribution in [-0.2, 0) is 10.0 Å². The molecule has 184 valence electrons. The van der Waals surface area contributed by atoms with Gasteiger partial charge in [0.15, 0.2) is 17.4 Å². The molecule has 3 heterocycles. The second kappa shape index (κ2) is 10.4. The van der Waals surface area contributed by atoms with Crippen molar-refractivity contribution in [3.63, 3.8) is 0 Å². The largest absolute Gasteiger partial charge is 0.484 e. The summed E-state index contributed by atoms with van der Waals surface area (Å²) in [6, 6.07) is 2.65. The second-order valence-electron chi connectivity index (χ2n) is 8.92. The maximum atomic E-state index is 14.9. The van der Waals surface area contributed by atoms with E-state index in [1.165, 1.54) is 22.5 Å². The number of rotatable bonds is 7. The Labute approximate surface area is 199 Å². The van der Waals surface area contributed by atoms with Crippen LogP contribution in [0.2, 0.25) is 0 Å². The lowest BCUT2D eigenvalue weighted by Crippen LogP contribution is -2.39. The first kappa shape index (κ1) is 24.5. The number of halogens is 2. The topological polar surface area (TPSA) is 75.6 Å². The van der Waals surface area contributed by atoms with Gasteiger partial charge in [-0.1, -0.05) is 6.08 Å². The van der Waals surface area contributed by atoms with Crippen molar-refractivity contribution in [2.45, 2.75) is 44.6 Å². The van der Waals surface area contributed by atoms with Gasteiger partial charge in [0, 0.05) is 51.4 Å². The van der Waals surface area contributed by atoms with E-state index in [-0.39, 0.29) is 23.5 Å². The number of piperidine rings is 2. The molecule has 2 aliphatic heterocycles. The van der Waals surface area contributed by atoms with Crippen LogP contribution in [0.25, 0.3) is 0 Å². The van der Waals surface area contributed by atoms with Crippen LogP contribution in [0, 0.1) is 18.6 Å². The summed E-state index contributed by atoms with van der Waals surface area (Å²) >= 11 is 0. The molecule has 0 spiro atoms. The molecule has 2 aromatic rings. The Balaban J connectivity index is 1.35. The molecule has 2 fully saturated rings. The fraction of sp³-hybridized carbons (Fsp3) is 0.500. The Morgan fingerprint density at radius 2 is 1.65 bits per heavy atom. The highest BCUT2D eigenvalue weighted by Crippen LogP contribution is 2.34. The first-order chi connectivity index (χ1) is 16.3. The zero-order chi connectivity index (χ0) is 24.3. The molecule has 0 radical (unpaired) electrons. The van der Waals surface area contributed by atoms with Crippen molar-refractivity contribution in [1.29, 1.82) is 0 Å². The molecule has 0 N–H and O–H groups in total. The molecular formula is C24H30F2N4O3S. The van der Waals surface area contributed by atoms with Gasteiger partial charge < -0.3 is 9.64 Å². The van der Waals surface area contributed by atoms with Crippen LogP contribution in [-0.4, -0.2) is 60.7 Å². The molecule has 0 atom stereocenters. The Morgan fingerprint density at radius 3 is 2.21 bits per heavy atom. The summed E-state index contributed by atoms with van der Waals surface area (Å²) in [4.78, 5) is 10.7. The van der Waals surface area contributed by atoms with E-state index in [1.54, 1.807) is 12.4 Å². The van der Waals surface area contributed by atoms with Gasteiger partial charge in [-0.05, 0) is 48.9 Å². The van der Waals surface area contributed by atoms with E-state index in [0.29, 0.717) is 63.4 Å². The van der Waals surface area contributed by atoms with Crippen LogP contribution < -0.4 is 9.64 Å². The van der Waals surface area contributed by atoms with Crippen molar-refractivity contribution in [2.75, 3.05) is 36.8 Å². The number of hydrogen-bond donors (Lipinski definition) is 0. The number of nitrogens with zero attached hydrogens (tertiary/aromatic N) is 4. The Kier molecular flexibility index (Phi) is 7.47. The average molecular weight is 493 g/mol. The molecule has 10 heteroatoms. The lowest BCUT2D eigenvalue weighted by Gasteiger charge is -2.33. The molecule has 2 aliphatic rings. The summed E-state index contributed by atoms with van der Waals surface area (Å²) in [6.45, 7) is 7.34. The van der Waals surface area contributed by atoms with E-state index in [4.69, 9.17) is 4.74 Å². The van der Waals surface area contributed by atoms with Crippen molar-refractivity contribution in [1.82, 2.24) is 14.3 Å². The highest BCUT2D eigenvalue weighted by molar-refractivity contribution is 7.89. The van der Waals surface area contributed by atoms with Crippen LogP contribution >= 0.6 is 0 Å². The maximum Gasteiger partial charge on any atom is 0.225 e. The molecule has 0 amide bonds. The fourth-order valence-electron chi connectivity index (χ4n) is 4.54. The minimum absolute atomic E-state index is 0.106. The van der Waals surface area contributed by atoms with Gasteiger partial charge in [-0.3, -0.25) is 0 Å². The van der Waals surface area contributed by atoms with Crippen LogP contribution in [0.3, 0.4) is 0 Å². The van der Waals surface area contributed by atoms with Crippen LogP contribution in [0.5, 0.6) is 5.75 Å². The molecule has 0 aliphatic carbocycles. The lowest BCUT2D eigenvalue weighted by atomic mass is 9.90. The van der Waals surface area contributed by atoms with E-state index in [2.05, 4.69) is 16.5 Å². The van der Waals surface area contributed by atoms with E-state index in [9.17, 15) is 17.2 Å². The number of ether oxygens (including phenoxy) is 1. The average Bonchev–Trinajstić information content (AvgIpc) is 2.82. The highest BCUT2D eigenvalue weighted by Gasteiger charge is 2.30. The predicted molar refractivity (Wildman–Crippen MR) is 127 cm³/mol.